The Morgan fingerprint density at radius 3 is 2.24 bits per heavy atom. The topological polar surface area (TPSA) is 77.6 Å². The maximum Gasteiger partial charge on any atom is 0.459 e. The second-order valence-corrected chi connectivity index (χ2v) is 7.69. The van der Waals surface area contributed by atoms with Gasteiger partial charge in [-0.25, -0.2) is 9.36 Å². The molecule has 37 heavy (non-hydrogen) atoms. The number of aryl methyl sites for hydroxylation is 1. The first-order chi connectivity index (χ1) is 17.2. The van der Waals surface area contributed by atoms with Gasteiger partial charge in [-0.3, -0.25) is 9.78 Å². The Balaban J connectivity index is 1.72. The zero-order chi connectivity index (χ0) is 27.2. The van der Waals surface area contributed by atoms with Crippen LogP contribution in [0.5, 0.6) is 0 Å². The van der Waals surface area contributed by atoms with Crippen LogP contribution in [-0.2, 0) is 19.1 Å². The smallest absolute Gasteiger partial charge is 0.322 e. The minimum absolute atomic E-state index is 0.179. The zero-order valence-electron chi connectivity index (χ0n) is 18.4. The molecule has 0 bridgehead atoms. The van der Waals surface area contributed by atoms with Crippen molar-refractivity contribution >= 4 is 11.6 Å². The van der Waals surface area contributed by atoms with Crippen LogP contribution in [0.15, 0.2) is 61.2 Å². The molecule has 0 aliphatic heterocycles. The van der Waals surface area contributed by atoms with E-state index in [1.165, 1.54) is 42.7 Å². The maximum absolute atomic E-state index is 13.9. The number of halogens is 8. The zero-order valence-corrected chi connectivity index (χ0v) is 18.4. The van der Waals surface area contributed by atoms with E-state index in [1.807, 2.05) is 0 Å². The van der Waals surface area contributed by atoms with Crippen LogP contribution < -0.4 is 5.32 Å². The average Bonchev–Trinajstić information content (AvgIpc) is 3.43. The molecule has 0 aliphatic carbocycles. The molecule has 0 fully saturated rings. The third kappa shape index (κ3) is 4.88. The highest BCUT2D eigenvalue weighted by Gasteiger charge is 2.64. The minimum Gasteiger partial charge on any atom is -0.322 e. The number of aromatic nitrogens is 5. The molecule has 1 aromatic carbocycles. The van der Waals surface area contributed by atoms with Gasteiger partial charge in [0, 0.05) is 42.5 Å². The summed E-state index contributed by atoms with van der Waals surface area (Å²) in [7, 11) is 0.789. The molecular formula is C22H14F8N6O. The van der Waals surface area contributed by atoms with E-state index in [0.29, 0.717) is 21.5 Å². The number of nitrogens with one attached hydrogen (secondary N) is 1. The number of pyridine rings is 1. The van der Waals surface area contributed by atoms with E-state index >= 15 is 0 Å². The fourth-order valence-corrected chi connectivity index (χ4v) is 3.46. The second kappa shape index (κ2) is 8.97. The van der Waals surface area contributed by atoms with Crippen LogP contribution in [-0.4, -0.2) is 36.6 Å². The van der Waals surface area contributed by atoms with E-state index in [4.69, 9.17) is 0 Å². The first-order valence-electron chi connectivity index (χ1n) is 10.2. The molecule has 0 radical (unpaired) electrons. The predicted octanol–water partition coefficient (Wildman–Crippen LogP) is 5.59. The highest BCUT2D eigenvalue weighted by Crippen LogP contribution is 2.49. The Hall–Kier alpha value is -4.30. The van der Waals surface area contributed by atoms with Gasteiger partial charge in [-0.1, -0.05) is 12.1 Å². The maximum atomic E-state index is 13.9. The van der Waals surface area contributed by atoms with Gasteiger partial charge in [-0.2, -0.15) is 45.3 Å². The normalized spacial score (nSPS) is 12.6. The quantitative estimate of drug-likeness (QED) is 0.341. The summed E-state index contributed by atoms with van der Waals surface area (Å²) in [5.74, 6) is -7.47. The molecule has 3 aromatic heterocycles. The van der Waals surface area contributed by atoms with Crippen molar-refractivity contribution in [2.24, 2.45) is 7.05 Å². The van der Waals surface area contributed by atoms with E-state index in [2.05, 4.69) is 20.5 Å². The van der Waals surface area contributed by atoms with E-state index in [9.17, 15) is 39.9 Å². The van der Waals surface area contributed by atoms with Crippen LogP contribution in [0.4, 0.5) is 40.8 Å². The van der Waals surface area contributed by atoms with E-state index in [1.54, 1.807) is 6.07 Å². The van der Waals surface area contributed by atoms with Crippen molar-refractivity contribution < 1.29 is 39.9 Å². The first kappa shape index (κ1) is 25.8. The van der Waals surface area contributed by atoms with Gasteiger partial charge in [0.2, 0.25) is 0 Å². The fraction of sp³-hybridized carbons (Fsp3) is 0.182. The Morgan fingerprint density at radius 1 is 0.946 bits per heavy atom. The summed E-state index contributed by atoms with van der Waals surface area (Å²) in [5.41, 5.74) is -3.59. The van der Waals surface area contributed by atoms with E-state index in [0.717, 1.165) is 19.4 Å². The van der Waals surface area contributed by atoms with Gasteiger partial charge < -0.3 is 5.32 Å². The molecule has 1 N–H and O–H groups in total. The van der Waals surface area contributed by atoms with Gasteiger partial charge in [0.25, 0.3) is 5.91 Å². The standard InChI is InChI=1S/C22H14F8N6O/c1-35-19(16(21(25,26)27)17(34-35)20(23,24)22(28,29)30)36-11-14(10-32-36)13-3-2-4-15(9-13)33-18(37)12-5-7-31-8-6-12/h2-11H,1H3,(H,33,37). The van der Waals surface area contributed by atoms with Crippen LogP contribution >= 0.6 is 0 Å². The number of hydrogen-bond donors (Lipinski definition) is 1. The molecule has 15 heteroatoms. The number of amides is 1. The number of carbonyl (C=O) groups excluding carboxylic acids is 1. The van der Waals surface area contributed by atoms with Gasteiger partial charge in [-0.15, -0.1) is 0 Å². The summed E-state index contributed by atoms with van der Waals surface area (Å²) in [4.78, 5) is 16.2. The Kier molecular flexibility index (Phi) is 6.25. The van der Waals surface area contributed by atoms with Crippen molar-refractivity contribution in [3.05, 3.63) is 78.0 Å². The van der Waals surface area contributed by atoms with Crippen molar-refractivity contribution in [2.75, 3.05) is 5.32 Å². The number of carbonyl (C=O) groups is 1. The highest BCUT2D eigenvalue weighted by atomic mass is 19.4. The molecule has 4 rings (SSSR count). The Bertz CT molecular complexity index is 1440. The number of alkyl halides is 8. The summed E-state index contributed by atoms with van der Waals surface area (Å²) >= 11 is 0. The molecule has 0 spiro atoms. The first-order valence-corrected chi connectivity index (χ1v) is 10.2. The summed E-state index contributed by atoms with van der Waals surface area (Å²) < 4.78 is 108. The largest absolute Gasteiger partial charge is 0.459 e. The van der Waals surface area contributed by atoms with Crippen LogP contribution in [0.25, 0.3) is 16.9 Å². The molecule has 0 saturated heterocycles. The molecule has 1 amide bonds. The molecule has 0 saturated carbocycles. The lowest BCUT2D eigenvalue weighted by atomic mass is 10.1. The van der Waals surface area contributed by atoms with Gasteiger partial charge >= 0.3 is 18.3 Å². The molecule has 0 aliphatic rings. The van der Waals surface area contributed by atoms with Crippen molar-refractivity contribution in [1.82, 2.24) is 24.5 Å². The number of anilines is 1. The number of benzene rings is 1. The highest BCUT2D eigenvalue weighted by molar-refractivity contribution is 6.04. The fourth-order valence-electron chi connectivity index (χ4n) is 3.46. The lowest BCUT2D eigenvalue weighted by Crippen LogP contribution is -2.36. The van der Waals surface area contributed by atoms with Crippen molar-refractivity contribution in [1.29, 1.82) is 0 Å². The molecule has 194 valence electrons. The summed E-state index contributed by atoms with van der Waals surface area (Å²) in [6, 6.07) is 9.03. The van der Waals surface area contributed by atoms with E-state index in [-0.39, 0.29) is 10.2 Å². The Morgan fingerprint density at radius 2 is 1.62 bits per heavy atom. The van der Waals surface area contributed by atoms with Crippen molar-refractivity contribution in [3.8, 4) is 16.9 Å². The van der Waals surface area contributed by atoms with Crippen LogP contribution in [0, 0.1) is 0 Å². The summed E-state index contributed by atoms with van der Waals surface area (Å²) in [6.45, 7) is 0. The minimum atomic E-state index is -6.31. The van der Waals surface area contributed by atoms with Crippen molar-refractivity contribution in [3.63, 3.8) is 0 Å². The number of nitrogens with zero attached hydrogens (tertiary/aromatic N) is 5. The van der Waals surface area contributed by atoms with Gasteiger partial charge in [0.1, 0.15) is 5.56 Å². The average molecular weight is 530 g/mol. The van der Waals surface area contributed by atoms with Crippen LogP contribution in [0.3, 0.4) is 0 Å². The number of hydrogen-bond acceptors (Lipinski definition) is 4. The lowest BCUT2D eigenvalue weighted by Gasteiger charge is -2.19. The second-order valence-electron chi connectivity index (χ2n) is 7.69. The molecule has 3 heterocycles. The summed E-state index contributed by atoms with van der Waals surface area (Å²) in [5, 5.41) is 9.22. The number of rotatable bonds is 5. The third-order valence-electron chi connectivity index (χ3n) is 5.15. The molecular weight excluding hydrogens is 516 g/mol. The summed E-state index contributed by atoms with van der Waals surface area (Å²) in [6.07, 6.45) is -7.00. The SMILES string of the molecule is Cn1nc(C(F)(F)C(F)(F)F)c(C(F)(F)F)c1-n1cc(-c2cccc(NC(=O)c3ccncc3)c2)cn1. The predicted molar refractivity (Wildman–Crippen MR) is 113 cm³/mol. The molecule has 0 unspecified atom stereocenters. The van der Waals surface area contributed by atoms with Crippen LogP contribution in [0.1, 0.15) is 21.6 Å². The van der Waals surface area contributed by atoms with Gasteiger partial charge in [-0.05, 0) is 29.8 Å². The molecule has 7 nitrogen and oxygen atoms in total. The van der Waals surface area contributed by atoms with E-state index < -0.39 is 41.3 Å². The van der Waals surface area contributed by atoms with Crippen LogP contribution in [0.2, 0.25) is 0 Å². The van der Waals surface area contributed by atoms with Gasteiger partial charge in [0.05, 0.1) is 6.20 Å². The molecule has 4 aromatic rings. The molecule has 0 atom stereocenters. The monoisotopic (exact) mass is 530 g/mol. The Labute approximate surface area is 202 Å². The van der Waals surface area contributed by atoms with Gasteiger partial charge in [0.15, 0.2) is 11.5 Å². The van der Waals surface area contributed by atoms with Crippen molar-refractivity contribution in [2.45, 2.75) is 18.3 Å². The third-order valence-corrected chi connectivity index (χ3v) is 5.15. The lowest BCUT2D eigenvalue weighted by molar-refractivity contribution is -0.292.